The standard InChI is InChI=1S/C11H9ClN4/c12-11-5-4-10(14-15-11)3-1-2-7-16-8-6-13-9-16/h4-6,8-9H,3,7H2. The van der Waals surface area contributed by atoms with E-state index in [1.54, 1.807) is 18.6 Å². The van der Waals surface area contributed by atoms with Gasteiger partial charge in [-0.3, -0.25) is 0 Å². The molecule has 0 aliphatic rings. The van der Waals surface area contributed by atoms with Crippen molar-refractivity contribution in [2.24, 2.45) is 0 Å². The normalized spacial score (nSPS) is 9.56. The molecule has 0 N–H and O–H groups in total. The molecule has 0 aliphatic carbocycles. The molecule has 2 aromatic rings. The van der Waals surface area contributed by atoms with Crippen molar-refractivity contribution in [3.05, 3.63) is 41.7 Å². The Labute approximate surface area is 98.3 Å². The molecule has 0 spiro atoms. The van der Waals surface area contributed by atoms with Crippen LogP contribution in [0, 0.1) is 11.8 Å². The molecule has 2 rings (SSSR count). The number of rotatable bonds is 2. The van der Waals surface area contributed by atoms with Crippen molar-refractivity contribution in [1.29, 1.82) is 0 Å². The highest BCUT2D eigenvalue weighted by molar-refractivity contribution is 6.29. The van der Waals surface area contributed by atoms with Crippen molar-refractivity contribution in [2.45, 2.75) is 13.0 Å². The maximum atomic E-state index is 5.62. The Morgan fingerprint density at radius 1 is 1.25 bits per heavy atom. The molecule has 2 heterocycles. The summed E-state index contributed by atoms with van der Waals surface area (Å²) in [5, 5.41) is 8.05. The second kappa shape index (κ2) is 5.29. The lowest BCUT2D eigenvalue weighted by Crippen LogP contribution is -1.92. The summed E-state index contributed by atoms with van der Waals surface area (Å²) in [6.45, 7) is 0.640. The van der Waals surface area contributed by atoms with E-state index in [2.05, 4.69) is 27.0 Å². The third-order valence-corrected chi connectivity index (χ3v) is 2.10. The Bertz CT molecular complexity index is 493. The largest absolute Gasteiger partial charge is 0.326 e. The number of hydrogen-bond acceptors (Lipinski definition) is 3. The summed E-state index contributed by atoms with van der Waals surface area (Å²) in [5.74, 6) is 6.04. The molecule has 0 unspecified atom stereocenters. The molecule has 4 nitrogen and oxygen atoms in total. The molecule has 0 saturated heterocycles. The monoisotopic (exact) mass is 232 g/mol. The van der Waals surface area contributed by atoms with Crippen LogP contribution in [0.15, 0.2) is 30.9 Å². The summed E-state index contributed by atoms with van der Waals surface area (Å²) >= 11 is 5.62. The van der Waals surface area contributed by atoms with Crippen LogP contribution in [0.3, 0.4) is 0 Å². The zero-order chi connectivity index (χ0) is 11.2. The van der Waals surface area contributed by atoms with E-state index in [1.807, 2.05) is 16.8 Å². The molecule has 0 radical (unpaired) electrons. The predicted molar refractivity (Wildman–Crippen MR) is 60.7 cm³/mol. The van der Waals surface area contributed by atoms with Gasteiger partial charge in [0.1, 0.15) is 0 Å². The van der Waals surface area contributed by atoms with E-state index in [0.717, 1.165) is 5.69 Å². The molecule has 2 aromatic heterocycles. The van der Waals surface area contributed by atoms with Gasteiger partial charge in [-0.15, -0.1) is 5.10 Å². The molecule has 0 aliphatic heterocycles. The Morgan fingerprint density at radius 3 is 2.88 bits per heavy atom. The van der Waals surface area contributed by atoms with E-state index in [4.69, 9.17) is 11.6 Å². The second-order valence-electron chi connectivity index (χ2n) is 3.11. The summed E-state index contributed by atoms with van der Waals surface area (Å²) < 4.78 is 1.90. The maximum Gasteiger partial charge on any atom is 0.151 e. The summed E-state index contributed by atoms with van der Waals surface area (Å²) in [6, 6.07) is 3.53. The highest BCUT2D eigenvalue weighted by Crippen LogP contribution is 2.01. The predicted octanol–water partition coefficient (Wildman–Crippen LogP) is 1.57. The smallest absolute Gasteiger partial charge is 0.151 e. The van der Waals surface area contributed by atoms with Crippen molar-refractivity contribution in [3.63, 3.8) is 0 Å². The molecule has 0 saturated carbocycles. The number of hydrogen-bond donors (Lipinski definition) is 0. The second-order valence-corrected chi connectivity index (χ2v) is 3.50. The van der Waals surface area contributed by atoms with E-state index < -0.39 is 0 Å². The summed E-state index contributed by atoms with van der Waals surface area (Å²) in [4.78, 5) is 3.93. The minimum absolute atomic E-state index is 0.398. The van der Waals surface area contributed by atoms with Crippen LogP contribution < -0.4 is 0 Å². The summed E-state index contributed by atoms with van der Waals surface area (Å²) in [6.07, 6.45) is 5.92. The topological polar surface area (TPSA) is 43.6 Å². The van der Waals surface area contributed by atoms with Gasteiger partial charge in [-0.25, -0.2) is 4.98 Å². The van der Waals surface area contributed by atoms with E-state index in [0.29, 0.717) is 18.1 Å². The number of nitrogens with zero attached hydrogens (tertiary/aromatic N) is 4. The van der Waals surface area contributed by atoms with Gasteiger partial charge in [0.25, 0.3) is 0 Å². The first-order valence-electron chi connectivity index (χ1n) is 4.74. The van der Waals surface area contributed by atoms with E-state index in [1.165, 1.54) is 0 Å². The van der Waals surface area contributed by atoms with Gasteiger partial charge < -0.3 is 4.57 Å². The third kappa shape index (κ3) is 3.07. The molecule has 16 heavy (non-hydrogen) atoms. The molecule has 0 amide bonds. The maximum absolute atomic E-state index is 5.62. The zero-order valence-electron chi connectivity index (χ0n) is 8.47. The molecule has 0 fully saturated rings. The Hall–Kier alpha value is -1.86. The first kappa shape index (κ1) is 10.7. The molecular formula is C11H9ClN4. The minimum atomic E-state index is 0.398. The van der Waals surface area contributed by atoms with Crippen LogP contribution in [0.4, 0.5) is 0 Å². The highest BCUT2D eigenvalue weighted by Gasteiger charge is 1.92. The van der Waals surface area contributed by atoms with Crippen LogP contribution in [-0.4, -0.2) is 19.7 Å². The summed E-state index contributed by atoms with van der Waals surface area (Å²) in [7, 11) is 0. The lowest BCUT2D eigenvalue weighted by atomic mass is 10.3. The molecular weight excluding hydrogens is 224 g/mol. The average molecular weight is 233 g/mol. The van der Waals surface area contributed by atoms with E-state index in [-0.39, 0.29) is 0 Å². The van der Waals surface area contributed by atoms with E-state index >= 15 is 0 Å². The van der Waals surface area contributed by atoms with Crippen LogP contribution in [-0.2, 0) is 13.0 Å². The van der Waals surface area contributed by atoms with Crippen molar-refractivity contribution in [2.75, 3.05) is 0 Å². The lowest BCUT2D eigenvalue weighted by Gasteiger charge is -1.92. The third-order valence-electron chi connectivity index (χ3n) is 1.90. The number of halogens is 1. The van der Waals surface area contributed by atoms with Gasteiger partial charge in [0.05, 0.1) is 25.0 Å². The van der Waals surface area contributed by atoms with Crippen LogP contribution >= 0.6 is 11.6 Å². The SMILES string of the molecule is Clc1ccc(CC#CCn2ccnc2)nn1. The van der Waals surface area contributed by atoms with Gasteiger partial charge in [0, 0.05) is 12.4 Å². The fourth-order valence-corrected chi connectivity index (χ4v) is 1.22. The van der Waals surface area contributed by atoms with Crippen LogP contribution in [0.1, 0.15) is 5.69 Å². The number of imidazole rings is 1. The van der Waals surface area contributed by atoms with Crippen LogP contribution in [0.5, 0.6) is 0 Å². The quantitative estimate of drug-likeness (QED) is 0.739. The van der Waals surface area contributed by atoms with E-state index in [9.17, 15) is 0 Å². The molecule has 80 valence electrons. The lowest BCUT2D eigenvalue weighted by molar-refractivity contribution is 0.838. The van der Waals surface area contributed by atoms with Gasteiger partial charge in [-0.05, 0) is 12.1 Å². The van der Waals surface area contributed by atoms with Crippen LogP contribution in [0.25, 0.3) is 0 Å². The van der Waals surface area contributed by atoms with Crippen molar-refractivity contribution >= 4 is 11.6 Å². The Balaban J connectivity index is 1.88. The Kier molecular flexibility index (Phi) is 3.52. The van der Waals surface area contributed by atoms with Crippen molar-refractivity contribution < 1.29 is 0 Å². The molecule has 0 aromatic carbocycles. The molecule has 0 bridgehead atoms. The fraction of sp³-hybridized carbons (Fsp3) is 0.182. The fourth-order valence-electron chi connectivity index (χ4n) is 1.12. The van der Waals surface area contributed by atoms with Gasteiger partial charge in [0.15, 0.2) is 5.15 Å². The Morgan fingerprint density at radius 2 is 2.19 bits per heavy atom. The number of aromatic nitrogens is 4. The van der Waals surface area contributed by atoms with Gasteiger partial charge in [-0.1, -0.05) is 23.4 Å². The highest BCUT2D eigenvalue weighted by atomic mass is 35.5. The molecule has 0 atom stereocenters. The van der Waals surface area contributed by atoms with Crippen LogP contribution in [0.2, 0.25) is 5.15 Å². The molecule has 5 heteroatoms. The van der Waals surface area contributed by atoms with Gasteiger partial charge >= 0.3 is 0 Å². The minimum Gasteiger partial charge on any atom is -0.326 e. The first-order chi connectivity index (χ1) is 7.84. The van der Waals surface area contributed by atoms with Gasteiger partial charge in [-0.2, -0.15) is 5.10 Å². The van der Waals surface area contributed by atoms with Gasteiger partial charge in [0.2, 0.25) is 0 Å². The average Bonchev–Trinajstić information content (AvgIpc) is 2.80. The summed E-state index contributed by atoms with van der Waals surface area (Å²) in [5.41, 5.74) is 0.822. The first-order valence-corrected chi connectivity index (χ1v) is 5.12. The van der Waals surface area contributed by atoms with Crippen molar-refractivity contribution in [3.8, 4) is 11.8 Å². The zero-order valence-corrected chi connectivity index (χ0v) is 9.22. The van der Waals surface area contributed by atoms with Crippen molar-refractivity contribution in [1.82, 2.24) is 19.7 Å².